The maximum absolute atomic E-state index is 12.3. The first-order valence-electron chi connectivity index (χ1n) is 8.57. The zero-order chi connectivity index (χ0) is 18.4. The lowest BCUT2D eigenvalue weighted by Crippen LogP contribution is -2.14. The summed E-state index contributed by atoms with van der Waals surface area (Å²) in [6, 6.07) is 9.33. The summed E-state index contributed by atoms with van der Waals surface area (Å²) in [7, 11) is -3.74. The predicted molar refractivity (Wildman–Crippen MR) is 104 cm³/mol. The van der Waals surface area contributed by atoms with Crippen LogP contribution in [0.2, 0.25) is 5.02 Å². The molecule has 0 radical (unpaired) electrons. The van der Waals surface area contributed by atoms with Gasteiger partial charge in [0.1, 0.15) is 5.82 Å². The molecule has 138 valence electrons. The Hall–Kier alpha value is -2.12. The van der Waals surface area contributed by atoms with Crippen LogP contribution in [0.1, 0.15) is 32.1 Å². The molecule has 0 saturated carbocycles. The number of nitrogens with zero attached hydrogens (tertiary/aromatic N) is 2. The largest absolute Gasteiger partial charge is 0.368 e. The molecular weight excluding hydrogens is 372 g/mol. The second-order valence-electron chi connectivity index (χ2n) is 6.15. The lowest BCUT2D eigenvalue weighted by atomic mass is 9.97. The maximum atomic E-state index is 12.3. The molecule has 1 heterocycles. The van der Waals surface area contributed by atoms with Gasteiger partial charge in [0, 0.05) is 11.6 Å². The zero-order valence-electron chi connectivity index (χ0n) is 14.3. The van der Waals surface area contributed by atoms with Gasteiger partial charge in [0.2, 0.25) is 0 Å². The molecule has 0 unspecified atom stereocenters. The molecule has 26 heavy (non-hydrogen) atoms. The molecule has 1 aromatic heterocycles. The molecule has 0 amide bonds. The van der Waals surface area contributed by atoms with E-state index in [9.17, 15) is 8.42 Å². The second-order valence-corrected chi connectivity index (χ2v) is 8.27. The number of hydrogen-bond donors (Lipinski definition) is 2. The molecule has 0 fully saturated rings. The molecule has 0 atom stereocenters. The van der Waals surface area contributed by atoms with Crippen molar-refractivity contribution in [3.63, 3.8) is 0 Å². The van der Waals surface area contributed by atoms with Crippen molar-refractivity contribution in [1.82, 2.24) is 10.2 Å². The number of allylic oxidation sites excluding steroid dienone is 1. The molecule has 6 nitrogen and oxygen atoms in total. The molecule has 1 aliphatic rings. The molecule has 3 rings (SSSR count). The lowest BCUT2D eigenvalue weighted by Gasteiger charge is -2.13. The van der Waals surface area contributed by atoms with Crippen LogP contribution in [0.3, 0.4) is 0 Å². The quantitative estimate of drug-likeness (QED) is 0.688. The average molecular weight is 393 g/mol. The van der Waals surface area contributed by atoms with Crippen LogP contribution in [-0.2, 0) is 10.0 Å². The van der Waals surface area contributed by atoms with Crippen molar-refractivity contribution >= 4 is 33.3 Å². The topological polar surface area (TPSA) is 84.0 Å². The number of benzene rings is 1. The first-order valence-corrected chi connectivity index (χ1v) is 10.4. The number of anilines is 2. The van der Waals surface area contributed by atoms with Crippen molar-refractivity contribution < 1.29 is 8.42 Å². The molecular formula is C18H21ClN4O2S. The summed E-state index contributed by atoms with van der Waals surface area (Å²) in [5.74, 6) is 0.776. The van der Waals surface area contributed by atoms with Gasteiger partial charge in [-0.05, 0) is 62.4 Å². The van der Waals surface area contributed by atoms with Crippen molar-refractivity contribution in [1.29, 1.82) is 0 Å². The molecule has 1 aromatic carbocycles. The van der Waals surface area contributed by atoms with Crippen LogP contribution in [0.4, 0.5) is 11.6 Å². The SMILES string of the molecule is O=S(=O)(Nc1ccc(NCCC2=CCCCC2)nn1)c1cccc(Cl)c1. The summed E-state index contributed by atoms with van der Waals surface area (Å²) < 4.78 is 27.1. The molecule has 2 aromatic rings. The molecule has 8 heteroatoms. The van der Waals surface area contributed by atoms with E-state index in [1.165, 1.54) is 43.4 Å². The van der Waals surface area contributed by atoms with E-state index in [1.54, 1.807) is 24.3 Å². The summed E-state index contributed by atoms with van der Waals surface area (Å²) >= 11 is 5.85. The minimum absolute atomic E-state index is 0.0785. The van der Waals surface area contributed by atoms with Gasteiger partial charge in [-0.3, -0.25) is 4.72 Å². The Morgan fingerprint density at radius 2 is 1.88 bits per heavy atom. The molecule has 0 aliphatic heterocycles. The number of nitrogens with one attached hydrogen (secondary N) is 2. The van der Waals surface area contributed by atoms with Gasteiger partial charge in [-0.25, -0.2) is 8.42 Å². The van der Waals surface area contributed by atoms with Gasteiger partial charge < -0.3 is 5.32 Å². The Labute approximate surface area is 158 Å². The highest BCUT2D eigenvalue weighted by Crippen LogP contribution is 2.20. The maximum Gasteiger partial charge on any atom is 0.263 e. The van der Waals surface area contributed by atoms with Gasteiger partial charge in [-0.1, -0.05) is 29.3 Å². The third-order valence-corrected chi connectivity index (χ3v) is 5.73. The fraction of sp³-hybridized carbons (Fsp3) is 0.333. The van der Waals surface area contributed by atoms with E-state index in [0.29, 0.717) is 10.8 Å². The van der Waals surface area contributed by atoms with Gasteiger partial charge in [0.25, 0.3) is 10.0 Å². The average Bonchev–Trinajstić information content (AvgIpc) is 2.64. The van der Waals surface area contributed by atoms with E-state index in [2.05, 4.69) is 26.3 Å². The van der Waals surface area contributed by atoms with Crippen molar-refractivity contribution in [3.05, 3.63) is 53.1 Å². The smallest absolute Gasteiger partial charge is 0.263 e. The number of aromatic nitrogens is 2. The molecule has 2 N–H and O–H groups in total. The van der Waals surface area contributed by atoms with Crippen LogP contribution in [0, 0.1) is 0 Å². The van der Waals surface area contributed by atoms with Crippen LogP contribution in [0.5, 0.6) is 0 Å². The summed E-state index contributed by atoms with van der Waals surface area (Å²) in [5, 5.41) is 11.5. The fourth-order valence-corrected chi connectivity index (χ4v) is 4.09. The standard InChI is InChI=1S/C18H21ClN4O2S/c19-15-7-4-8-16(13-15)26(24,25)23-18-10-9-17(21-22-18)20-12-11-14-5-2-1-3-6-14/h4-5,7-10,13H,1-3,6,11-12H2,(H,20,21)(H,22,23). The first-order chi connectivity index (χ1) is 12.5. The zero-order valence-corrected chi connectivity index (χ0v) is 15.9. The van der Waals surface area contributed by atoms with Crippen LogP contribution in [0.25, 0.3) is 0 Å². The van der Waals surface area contributed by atoms with Crippen molar-refractivity contribution in [2.24, 2.45) is 0 Å². The van der Waals surface area contributed by atoms with Crippen molar-refractivity contribution in [2.75, 3.05) is 16.6 Å². The van der Waals surface area contributed by atoms with E-state index in [4.69, 9.17) is 11.6 Å². The number of hydrogen-bond acceptors (Lipinski definition) is 5. The fourth-order valence-electron chi connectivity index (χ4n) is 2.79. The van der Waals surface area contributed by atoms with Gasteiger partial charge in [-0.2, -0.15) is 0 Å². The van der Waals surface area contributed by atoms with Gasteiger partial charge in [0.15, 0.2) is 5.82 Å². The Kier molecular flexibility index (Phi) is 6.11. The van der Waals surface area contributed by atoms with Crippen molar-refractivity contribution in [3.8, 4) is 0 Å². The van der Waals surface area contributed by atoms with E-state index >= 15 is 0 Å². The molecule has 0 saturated heterocycles. The van der Waals surface area contributed by atoms with Crippen LogP contribution in [0.15, 0.2) is 52.9 Å². The van der Waals surface area contributed by atoms with E-state index in [1.807, 2.05) is 0 Å². The molecule has 1 aliphatic carbocycles. The van der Waals surface area contributed by atoms with Gasteiger partial charge in [-0.15, -0.1) is 10.2 Å². The first kappa shape index (κ1) is 18.7. The molecule has 0 spiro atoms. The van der Waals surface area contributed by atoms with Gasteiger partial charge in [0.05, 0.1) is 4.90 Å². The third-order valence-electron chi connectivity index (χ3n) is 4.15. The summed E-state index contributed by atoms with van der Waals surface area (Å²) in [5.41, 5.74) is 1.49. The monoisotopic (exact) mass is 392 g/mol. The number of rotatable bonds is 7. The number of halogens is 1. The van der Waals surface area contributed by atoms with E-state index in [-0.39, 0.29) is 10.7 Å². The summed E-state index contributed by atoms with van der Waals surface area (Å²) in [6.07, 6.45) is 8.23. The number of sulfonamides is 1. The van der Waals surface area contributed by atoms with Crippen LogP contribution < -0.4 is 10.0 Å². The Morgan fingerprint density at radius 3 is 2.58 bits per heavy atom. The third kappa shape index (κ3) is 5.19. The van der Waals surface area contributed by atoms with E-state index in [0.717, 1.165) is 13.0 Å². The van der Waals surface area contributed by atoms with Gasteiger partial charge >= 0.3 is 0 Å². The molecule has 0 bridgehead atoms. The second kappa shape index (κ2) is 8.51. The Bertz CT molecular complexity index is 882. The van der Waals surface area contributed by atoms with E-state index < -0.39 is 10.0 Å². The van der Waals surface area contributed by atoms with Crippen LogP contribution >= 0.6 is 11.6 Å². The van der Waals surface area contributed by atoms with Crippen LogP contribution in [-0.4, -0.2) is 25.2 Å². The highest BCUT2D eigenvalue weighted by molar-refractivity contribution is 7.92. The summed E-state index contributed by atoms with van der Waals surface area (Å²) in [4.78, 5) is 0.0785. The minimum Gasteiger partial charge on any atom is -0.368 e. The Morgan fingerprint density at radius 1 is 1.08 bits per heavy atom. The predicted octanol–water partition coefficient (Wildman–Crippen LogP) is 4.23. The highest BCUT2D eigenvalue weighted by atomic mass is 35.5. The van der Waals surface area contributed by atoms with Crippen molar-refractivity contribution in [2.45, 2.75) is 37.0 Å². The lowest BCUT2D eigenvalue weighted by molar-refractivity contribution is 0.601. The summed E-state index contributed by atoms with van der Waals surface area (Å²) in [6.45, 7) is 0.786. The Balaban J connectivity index is 1.56. The normalized spacial score (nSPS) is 14.6. The highest BCUT2D eigenvalue weighted by Gasteiger charge is 2.15. The minimum atomic E-state index is -3.74.